The maximum Gasteiger partial charge on any atom is 0.409 e. The number of ether oxygens (including phenoxy) is 1. The number of para-hydroxylation sites is 1. The van der Waals surface area contributed by atoms with E-state index in [1.54, 1.807) is 18.2 Å². The van der Waals surface area contributed by atoms with Crippen molar-refractivity contribution in [1.82, 2.24) is 0 Å². The first-order valence-electron chi connectivity index (χ1n) is 3.35. The zero-order valence-corrected chi connectivity index (χ0v) is 7.04. The monoisotopic (exact) mass is 185 g/mol. The summed E-state index contributed by atoms with van der Waals surface area (Å²) >= 11 is 5.58. The van der Waals surface area contributed by atoms with Crippen LogP contribution in [-0.2, 0) is 5.88 Å². The molecule has 1 amide bonds. The number of primary amides is 1. The first kappa shape index (κ1) is 8.87. The minimum absolute atomic E-state index is 0.295. The maximum absolute atomic E-state index is 10.4. The van der Waals surface area contributed by atoms with E-state index in [-0.39, 0.29) is 0 Å². The van der Waals surface area contributed by atoms with Crippen LogP contribution < -0.4 is 10.5 Å². The molecule has 0 unspecified atom stereocenters. The van der Waals surface area contributed by atoms with E-state index in [9.17, 15) is 4.79 Å². The Hall–Kier alpha value is -1.22. The molecule has 4 heteroatoms. The lowest BCUT2D eigenvalue weighted by Crippen LogP contribution is -2.16. The van der Waals surface area contributed by atoms with E-state index < -0.39 is 6.09 Å². The second kappa shape index (κ2) is 3.97. The highest BCUT2D eigenvalue weighted by molar-refractivity contribution is 6.17. The van der Waals surface area contributed by atoms with E-state index >= 15 is 0 Å². The molecular formula is C8H8ClNO2. The molecule has 1 rings (SSSR count). The third kappa shape index (κ3) is 2.13. The van der Waals surface area contributed by atoms with Crippen LogP contribution in [0.3, 0.4) is 0 Å². The zero-order chi connectivity index (χ0) is 8.97. The summed E-state index contributed by atoms with van der Waals surface area (Å²) in [7, 11) is 0. The summed E-state index contributed by atoms with van der Waals surface area (Å²) in [6.45, 7) is 0. The number of halogens is 1. The van der Waals surface area contributed by atoms with E-state index in [1.165, 1.54) is 0 Å². The molecule has 1 aromatic carbocycles. The van der Waals surface area contributed by atoms with Gasteiger partial charge < -0.3 is 10.5 Å². The number of alkyl halides is 1. The van der Waals surface area contributed by atoms with Gasteiger partial charge in [-0.3, -0.25) is 0 Å². The van der Waals surface area contributed by atoms with Crippen LogP contribution >= 0.6 is 11.6 Å². The Morgan fingerprint density at radius 3 is 2.75 bits per heavy atom. The van der Waals surface area contributed by atoms with Gasteiger partial charge >= 0.3 is 6.09 Å². The highest BCUT2D eigenvalue weighted by Gasteiger charge is 2.03. The molecule has 0 saturated heterocycles. The molecule has 0 radical (unpaired) electrons. The van der Waals surface area contributed by atoms with Gasteiger partial charge in [-0.25, -0.2) is 4.79 Å². The van der Waals surface area contributed by atoms with Gasteiger partial charge in [0.1, 0.15) is 5.75 Å². The number of hydrogen-bond donors (Lipinski definition) is 1. The molecule has 2 N–H and O–H groups in total. The normalized spacial score (nSPS) is 9.42. The Labute approximate surface area is 75.1 Å². The first-order chi connectivity index (χ1) is 5.74. The third-order valence-electron chi connectivity index (χ3n) is 1.33. The molecule has 0 saturated carbocycles. The second-order valence-corrected chi connectivity index (χ2v) is 2.43. The van der Waals surface area contributed by atoms with Crippen molar-refractivity contribution < 1.29 is 9.53 Å². The average Bonchev–Trinajstić information content (AvgIpc) is 2.04. The standard InChI is InChI=1S/C8H8ClNO2/c9-5-6-3-1-2-4-7(6)12-8(10)11/h1-4H,5H2,(H2,10,11). The van der Waals surface area contributed by atoms with Gasteiger partial charge in [-0.05, 0) is 6.07 Å². The number of rotatable bonds is 2. The fourth-order valence-corrected chi connectivity index (χ4v) is 1.04. The van der Waals surface area contributed by atoms with Gasteiger partial charge in [0.2, 0.25) is 0 Å². The van der Waals surface area contributed by atoms with Crippen LogP contribution in [-0.4, -0.2) is 6.09 Å². The smallest absolute Gasteiger partial charge is 0.409 e. The molecule has 12 heavy (non-hydrogen) atoms. The zero-order valence-electron chi connectivity index (χ0n) is 6.29. The number of carbonyl (C=O) groups is 1. The van der Waals surface area contributed by atoms with Gasteiger partial charge in [-0.1, -0.05) is 18.2 Å². The topological polar surface area (TPSA) is 52.3 Å². The number of amides is 1. The lowest BCUT2D eigenvalue weighted by atomic mass is 10.2. The van der Waals surface area contributed by atoms with Crippen LogP contribution in [0.1, 0.15) is 5.56 Å². The SMILES string of the molecule is NC(=O)Oc1ccccc1CCl. The summed E-state index contributed by atoms with van der Waals surface area (Å²) in [5.41, 5.74) is 5.59. The molecular weight excluding hydrogens is 178 g/mol. The Morgan fingerprint density at radius 1 is 1.50 bits per heavy atom. The number of nitrogens with two attached hydrogens (primary N) is 1. The third-order valence-corrected chi connectivity index (χ3v) is 1.62. The van der Waals surface area contributed by atoms with Crippen LogP contribution in [0.15, 0.2) is 24.3 Å². The van der Waals surface area contributed by atoms with Crippen molar-refractivity contribution in [3.8, 4) is 5.75 Å². The number of carbonyl (C=O) groups excluding carboxylic acids is 1. The largest absolute Gasteiger partial charge is 0.410 e. The van der Waals surface area contributed by atoms with Crippen molar-refractivity contribution in [1.29, 1.82) is 0 Å². The Balaban J connectivity index is 2.89. The van der Waals surface area contributed by atoms with Crippen molar-refractivity contribution in [2.45, 2.75) is 5.88 Å². The van der Waals surface area contributed by atoms with Crippen LogP contribution in [0.2, 0.25) is 0 Å². The van der Waals surface area contributed by atoms with E-state index in [0.717, 1.165) is 5.56 Å². The molecule has 64 valence electrons. The molecule has 0 aliphatic carbocycles. The lowest BCUT2D eigenvalue weighted by Gasteiger charge is -2.04. The number of hydrogen-bond acceptors (Lipinski definition) is 2. The quantitative estimate of drug-likeness (QED) is 0.716. The van der Waals surface area contributed by atoms with Crippen molar-refractivity contribution in [2.24, 2.45) is 5.73 Å². The van der Waals surface area contributed by atoms with Crippen LogP contribution in [0.5, 0.6) is 5.75 Å². The summed E-state index contributed by atoms with van der Waals surface area (Å²) in [6.07, 6.45) is -0.826. The fourth-order valence-electron chi connectivity index (χ4n) is 0.822. The lowest BCUT2D eigenvalue weighted by molar-refractivity contribution is 0.210. The molecule has 0 aliphatic rings. The van der Waals surface area contributed by atoms with Crippen LogP contribution in [0.25, 0.3) is 0 Å². The summed E-state index contributed by atoms with van der Waals surface area (Å²) in [6, 6.07) is 6.97. The summed E-state index contributed by atoms with van der Waals surface area (Å²) in [4.78, 5) is 10.4. The van der Waals surface area contributed by atoms with Gasteiger partial charge in [-0.2, -0.15) is 0 Å². The summed E-state index contributed by atoms with van der Waals surface area (Å²) in [5.74, 6) is 0.712. The van der Waals surface area contributed by atoms with Gasteiger partial charge in [0, 0.05) is 5.56 Å². The predicted molar refractivity (Wildman–Crippen MR) is 46.2 cm³/mol. The van der Waals surface area contributed by atoms with Crippen molar-refractivity contribution >= 4 is 17.7 Å². The van der Waals surface area contributed by atoms with Crippen LogP contribution in [0, 0.1) is 0 Å². The summed E-state index contributed by atoms with van der Waals surface area (Å²) < 4.78 is 4.69. The molecule has 0 spiro atoms. The van der Waals surface area contributed by atoms with E-state index in [4.69, 9.17) is 22.1 Å². The van der Waals surface area contributed by atoms with Gasteiger partial charge in [0.05, 0.1) is 5.88 Å². The highest BCUT2D eigenvalue weighted by Crippen LogP contribution is 2.19. The van der Waals surface area contributed by atoms with Crippen molar-refractivity contribution in [2.75, 3.05) is 0 Å². The molecule has 0 aromatic heterocycles. The molecule has 0 aliphatic heterocycles. The van der Waals surface area contributed by atoms with E-state index in [0.29, 0.717) is 11.6 Å². The average molecular weight is 186 g/mol. The van der Waals surface area contributed by atoms with Gasteiger partial charge in [0.15, 0.2) is 0 Å². The van der Waals surface area contributed by atoms with Gasteiger partial charge in [0.25, 0.3) is 0 Å². The molecule has 0 bridgehead atoms. The minimum atomic E-state index is -0.826. The first-order valence-corrected chi connectivity index (χ1v) is 3.88. The molecule has 1 aromatic rings. The molecule has 0 fully saturated rings. The Morgan fingerprint density at radius 2 is 2.17 bits per heavy atom. The van der Waals surface area contributed by atoms with Crippen molar-refractivity contribution in [3.63, 3.8) is 0 Å². The van der Waals surface area contributed by atoms with Gasteiger partial charge in [-0.15, -0.1) is 11.6 Å². The van der Waals surface area contributed by atoms with Crippen LogP contribution in [0.4, 0.5) is 4.79 Å². The Bertz CT molecular complexity index is 288. The minimum Gasteiger partial charge on any atom is -0.410 e. The number of benzene rings is 1. The second-order valence-electron chi connectivity index (χ2n) is 2.16. The van der Waals surface area contributed by atoms with E-state index in [2.05, 4.69) is 0 Å². The highest BCUT2D eigenvalue weighted by atomic mass is 35.5. The molecule has 0 heterocycles. The molecule has 0 atom stereocenters. The summed E-state index contributed by atoms with van der Waals surface area (Å²) in [5, 5.41) is 0. The predicted octanol–water partition coefficient (Wildman–Crippen LogP) is 1.88. The Kier molecular flexibility index (Phi) is 2.94. The molecule has 3 nitrogen and oxygen atoms in total. The van der Waals surface area contributed by atoms with E-state index in [1.807, 2.05) is 6.07 Å². The fraction of sp³-hybridized carbons (Fsp3) is 0.125. The maximum atomic E-state index is 10.4. The van der Waals surface area contributed by atoms with Crippen molar-refractivity contribution in [3.05, 3.63) is 29.8 Å².